The summed E-state index contributed by atoms with van der Waals surface area (Å²) in [7, 11) is 0. The Morgan fingerprint density at radius 1 is 0.917 bits per heavy atom. The van der Waals surface area contributed by atoms with E-state index in [0.717, 1.165) is 58.1 Å². The molecule has 0 spiro atoms. The van der Waals surface area contributed by atoms with Crippen LogP contribution in [0, 0.1) is 0 Å². The van der Waals surface area contributed by atoms with E-state index in [1.54, 1.807) is 0 Å². The number of anilines is 2. The lowest BCUT2D eigenvalue weighted by molar-refractivity contribution is -0.116. The third kappa shape index (κ3) is 4.97. The van der Waals surface area contributed by atoms with Crippen molar-refractivity contribution in [2.75, 3.05) is 17.2 Å². The number of ketones is 1. The lowest BCUT2D eigenvalue weighted by Crippen LogP contribution is -2.27. The molecule has 5 heteroatoms. The summed E-state index contributed by atoms with van der Waals surface area (Å²) < 4.78 is 11.9. The van der Waals surface area contributed by atoms with Crippen molar-refractivity contribution < 1.29 is 14.3 Å². The first-order chi connectivity index (χ1) is 17.5. The molecule has 3 aromatic rings. The minimum atomic E-state index is -0.302. The molecular weight excluding hydrogens is 448 g/mol. The Labute approximate surface area is 213 Å². The number of Topliss-reactive ketones (excluding diaryl/α,β-unsaturated/α-hetero) is 1. The van der Waals surface area contributed by atoms with Crippen molar-refractivity contribution in [1.82, 2.24) is 0 Å². The van der Waals surface area contributed by atoms with Crippen LogP contribution in [0.4, 0.5) is 11.4 Å². The highest BCUT2D eigenvalue weighted by molar-refractivity contribution is 6.01. The molecule has 0 amide bonds. The minimum absolute atomic E-state index is 0.0338. The van der Waals surface area contributed by atoms with Crippen LogP contribution in [0.2, 0.25) is 0 Å². The Bertz CT molecular complexity index is 1260. The minimum Gasteiger partial charge on any atom is -0.494 e. The summed E-state index contributed by atoms with van der Waals surface area (Å²) in [6.07, 6.45) is 2.24. The fraction of sp³-hybridized carbons (Fsp3) is 0.323. The van der Waals surface area contributed by atoms with Crippen LogP contribution in [0.15, 0.2) is 84.1 Å². The highest BCUT2D eigenvalue weighted by Crippen LogP contribution is 2.46. The first-order valence-corrected chi connectivity index (χ1v) is 12.9. The molecule has 0 aromatic heterocycles. The van der Waals surface area contributed by atoms with Gasteiger partial charge in [0.05, 0.1) is 30.1 Å². The number of para-hydroxylation sites is 3. The van der Waals surface area contributed by atoms with Gasteiger partial charge in [0.2, 0.25) is 0 Å². The average molecular weight is 483 g/mol. The molecule has 36 heavy (non-hydrogen) atoms. The number of carbonyl (C=O) groups is 1. The van der Waals surface area contributed by atoms with Gasteiger partial charge in [-0.05, 0) is 68.5 Å². The number of ether oxygens (including phenoxy) is 2. The molecule has 0 saturated heterocycles. The third-order valence-electron chi connectivity index (χ3n) is 6.73. The third-order valence-corrected chi connectivity index (χ3v) is 6.73. The quantitative estimate of drug-likeness (QED) is 0.372. The highest BCUT2D eigenvalue weighted by atomic mass is 16.5. The zero-order valence-corrected chi connectivity index (χ0v) is 21.2. The number of benzene rings is 3. The van der Waals surface area contributed by atoms with E-state index in [4.69, 9.17) is 9.47 Å². The SMILES string of the molecule is CCCOc1ccc(C2CC(=O)C3=C(C2)Nc2ccccc2NC3c2ccccc2OC(C)C)cc1. The van der Waals surface area contributed by atoms with Crippen molar-refractivity contribution in [2.45, 2.75) is 58.1 Å². The van der Waals surface area contributed by atoms with Crippen LogP contribution in [0.25, 0.3) is 0 Å². The van der Waals surface area contributed by atoms with E-state index in [1.807, 2.05) is 56.3 Å². The molecular formula is C31H34N2O3. The molecule has 2 atom stereocenters. The second-order valence-corrected chi connectivity index (χ2v) is 9.79. The first kappa shape index (κ1) is 24.0. The number of hydrogen-bond donors (Lipinski definition) is 2. The standard InChI is InChI=1S/C31H34N2O3/c1-4-17-35-23-15-13-21(14-16-23)22-18-27-30(28(34)19-22)31(33-26-11-7-6-10-25(26)32-27)24-9-5-8-12-29(24)36-20(2)3/h5-16,20,22,31-33H,4,17-19H2,1-3H3. The number of allylic oxidation sites excluding steroid dienone is 1. The van der Waals surface area contributed by atoms with Gasteiger partial charge in [0.1, 0.15) is 11.5 Å². The Morgan fingerprint density at radius 2 is 1.64 bits per heavy atom. The zero-order chi connectivity index (χ0) is 25.1. The average Bonchev–Trinajstić information content (AvgIpc) is 3.04. The van der Waals surface area contributed by atoms with Crippen LogP contribution in [-0.4, -0.2) is 18.5 Å². The second kappa shape index (κ2) is 10.5. The maximum atomic E-state index is 13.8. The van der Waals surface area contributed by atoms with Crippen molar-refractivity contribution in [3.05, 3.63) is 95.2 Å². The van der Waals surface area contributed by atoms with Gasteiger partial charge in [0, 0.05) is 23.3 Å². The molecule has 1 heterocycles. The number of carbonyl (C=O) groups excluding carboxylic acids is 1. The summed E-state index contributed by atoms with van der Waals surface area (Å²) in [4.78, 5) is 13.8. The van der Waals surface area contributed by atoms with Gasteiger partial charge in [-0.2, -0.15) is 0 Å². The van der Waals surface area contributed by atoms with Crippen LogP contribution in [0.1, 0.15) is 63.1 Å². The van der Waals surface area contributed by atoms with E-state index in [1.165, 1.54) is 0 Å². The van der Waals surface area contributed by atoms with Gasteiger partial charge in [-0.25, -0.2) is 0 Å². The molecule has 3 aromatic carbocycles. The topological polar surface area (TPSA) is 59.6 Å². The molecule has 186 valence electrons. The largest absolute Gasteiger partial charge is 0.494 e. The summed E-state index contributed by atoms with van der Waals surface area (Å²) in [5.41, 5.74) is 5.85. The van der Waals surface area contributed by atoms with Gasteiger partial charge in [-0.3, -0.25) is 4.79 Å². The van der Waals surface area contributed by atoms with Crippen molar-refractivity contribution in [1.29, 1.82) is 0 Å². The van der Waals surface area contributed by atoms with Gasteiger partial charge in [0.15, 0.2) is 5.78 Å². The lowest BCUT2D eigenvalue weighted by atomic mass is 9.78. The monoisotopic (exact) mass is 482 g/mol. The van der Waals surface area contributed by atoms with Crippen LogP contribution in [0.3, 0.4) is 0 Å². The Balaban J connectivity index is 1.53. The van der Waals surface area contributed by atoms with E-state index in [2.05, 4.69) is 47.9 Å². The molecule has 2 unspecified atom stereocenters. The molecule has 0 bridgehead atoms. The van der Waals surface area contributed by atoms with Gasteiger partial charge in [0.25, 0.3) is 0 Å². The molecule has 2 N–H and O–H groups in total. The molecule has 0 fully saturated rings. The molecule has 1 aliphatic heterocycles. The summed E-state index contributed by atoms with van der Waals surface area (Å²) >= 11 is 0. The maximum Gasteiger partial charge on any atom is 0.163 e. The normalized spacial score (nSPS) is 19.1. The van der Waals surface area contributed by atoms with Crippen LogP contribution < -0.4 is 20.1 Å². The molecule has 2 aliphatic rings. The van der Waals surface area contributed by atoms with E-state index >= 15 is 0 Å². The summed E-state index contributed by atoms with van der Waals surface area (Å²) in [5, 5.41) is 7.28. The fourth-order valence-corrected chi connectivity index (χ4v) is 5.10. The Morgan fingerprint density at radius 3 is 2.39 bits per heavy atom. The van der Waals surface area contributed by atoms with Crippen molar-refractivity contribution >= 4 is 17.2 Å². The number of nitrogens with one attached hydrogen (secondary N) is 2. The van der Waals surface area contributed by atoms with E-state index in [9.17, 15) is 4.79 Å². The van der Waals surface area contributed by atoms with Crippen LogP contribution in [-0.2, 0) is 4.79 Å². The Kier molecular flexibility index (Phi) is 6.99. The van der Waals surface area contributed by atoms with Gasteiger partial charge < -0.3 is 20.1 Å². The van der Waals surface area contributed by atoms with Gasteiger partial charge >= 0.3 is 0 Å². The summed E-state index contributed by atoms with van der Waals surface area (Å²) in [6, 6.07) is 24.1. The van der Waals surface area contributed by atoms with Crippen LogP contribution in [0.5, 0.6) is 11.5 Å². The molecule has 1 aliphatic carbocycles. The van der Waals surface area contributed by atoms with Crippen molar-refractivity contribution in [3.8, 4) is 11.5 Å². The zero-order valence-electron chi connectivity index (χ0n) is 21.2. The second-order valence-electron chi connectivity index (χ2n) is 9.79. The summed E-state index contributed by atoms with van der Waals surface area (Å²) in [6.45, 7) is 6.85. The molecule has 0 radical (unpaired) electrons. The smallest absolute Gasteiger partial charge is 0.163 e. The maximum absolute atomic E-state index is 13.8. The molecule has 5 nitrogen and oxygen atoms in total. The Hall–Kier alpha value is -3.73. The number of hydrogen-bond acceptors (Lipinski definition) is 5. The first-order valence-electron chi connectivity index (χ1n) is 12.9. The predicted molar refractivity (Wildman–Crippen MR) is 145 cm³/mol. The summed E-state index contributed by atoms with van der Waals surface area (Å²) in [5.74, 6) is 1.94. The van der Waals surface area contributed by atoms with Gasteiger partial charge in [-0.1, -0.05) is 49.4 Å². The highest BCUT2D eigenvalue weighted by Gasteiger charge is 2.37. The van der Waals surface area contributed by atoms with E-state index in [-0.39, 0.29) is 23.8 Å². The molecule has 5 rings (SSSR count). The predicted octanol–water partition coefficient (Wildman–Crippen LogP) is 7.24. The number of fused-ring (bicyclic) bond motifs is 1. The lowest BCUT2D eigenvalue weighted by Gasteiger charge is -2.30. The fourth-order valence-electron chi connectivity index (χ4n) is 5.10. The van der Waals surface area contributed by atoms with Crippen molar-refractivity contribution in [2.24, 2.45) is 0 Å². The van der Waals surface area contributed by atoms with E-state index < -0.39 is 0 Å². The van der Waals surface area contributed by atoms with Crippen molar-refractivity contribution in [3.63, 3.8) is 0 Å². The van der Waals surface area contributed by atoms with Gasteiger partial charge in [-0.15, -0.1) is 0 Å². The van der Waals surface area contributed by atoms with Crippen LogP contribution >= 0.6 is 0 Å². The van der Waals surface area contributed by atoms with E-state index in [0.29, 0.717) is 13.0 Å². The number of rotatable bonds is 7. The molecule has 0 saturated carbocycles.